The molecular weight excluding hydrogens is 291 g/mol. The van der Waals surface area contributed by atoms with E-state index in [1.54, 1.807) is 12.1 Å². The summed E-state index contributed by atoms with van der Waals surface area (Å²) in [5.41, 5.74) is 2.08. The molecule has 0 unspecified atom stereocenters. The highest BCUT2D eigenvalue weighted by molar-refractivity contribution is 5.83. The third-order valence-electron chi connectivity index (χ3n) is 3.92. The van der Waals surface area contributed by atoms with Crippen LogP contribution in [0, 0.1) is 5.82 Å². The average molecular weight is 318 g/mol. The minimum atomic E-state index is -0.200. The van der Waals surface area contributed by atoms with E-state index in [1.807, 2.05) is 6.20 Å². The highest BCUT2D eigenvalue weighted by Crippen LogP contribution is 2.19. The number of hydrogen-bond donors (Lipinski definition) is 2. The van der Waals surface area contributed by atoms with Crippen LogP contribution >= 0.6 is 0 Å². The number of aliphatic imine (C=N–C) groups is 1. The van der Waals surface area contributed by atoms with Crippen LogP contribution in [-0.2, 0) is 6.42 Å². The van der Waals surface area contributed by atoms with Crippen LogP contribution in [0.4, 0.5) is 4.39 Å². The second kappa shape index (κ2) is 8.56. The molecule has 1 aromatic heterocycles. The first-order valence-corrected chi connectivity index (χ1v) is 8.40. The van der Waals surface area contributed by atoms with Crippen LogP contribution in [0.25, 0.3) is 10.9 Å². The Morgan fingerprint density at radius 1 is 1.35 bits per heavy atom. The van der Waals surface area contributed by atoms with E-state index in [4.69, 9.17) is 4.99 Å². The van der Waals surface area contributed by atoms with Crippen molar-refractivity contribution in [3.05, 3.63) is 35.8 Å². The Hall–Kier alpha value is -2.04. The fraction of sp³-hybridized carbons (Fsp3) is 0.500. The molecule has 0 spiro atoms. The molecule has 0 aliphatic heterocycles. The minimum Gasteiger partial charge on any atom is -0.361 e. The van der Waals surface area contributed by atoms with Gasteiger partial charge in [0.25, 0.3) is 0 Å². The quantitative estimate of drug-likeness (QED) is 0.606. The summed E-state index contributed by atoms with van der Waals surface area (Å²) in [6.45, 7) is 6.80. The molecule has 0 saturated heterocycles. The second-order valence-electron chi connectivity index (χ2n) is 5.76. The van der Waals surface area contributed by atoms with E-state index >= 15 is 0 Å². The highest BCUT2D eigenvalue weighted by Gasteiger charge is 2.07. The lowest BCUT2D eigenvalue weighted by Crippen LogP contribution is -2.39. The van der Waals surface area contributed by atoms with Crippen molar-refractivity contribution in [2.24, 2.45) is 4.99 Å². The van der Waals surface area contributed by atoms with E-state index in [9.17, 15) is 4.39 Å². The molecule has 0 aliphatic carbocycles. The maximum Gasteiger partial charge on any atom is 0.193 e. The van der Waals surface area contributed by atoms with E-state index in [2.05, 4.69) is 36.1 Å². The fourth-order valence-electron chi connectivity index (χ4n) is 2.61. The van der Waals surface area contributed by atoms with Crippen molar-refractivity contribution in [2.75, 3.05) is 26.7 Å². The number of fused-ring (bicyclic) bond motifs is 1. The molecule has 0 radical (unpaired) electrons. The van der Waals surface area contributed by atoms with E-state index in [0.717, 1.165) is 48.4 Å². The lowest BCUT2D eigenvalue weighted by atomic mass is 10.1. The number of nitrogens with zero attached hydrogens (tertiary/aromatic N) is 2. The van der Waals surface area contributed by atoms with Gasteiger partial charge in [0.1, 0.15) is 5.82 Å². The van der Waals surface area contributed by atoms with Gasteiger partial charge in [-0.3, -0.25) is 4.99 Å². The molecule has 0 aliphatic rings. The van der Waals surface area contributed by atoms with Gasteiger partial charge < -0.3 is 15.2 Å². The molecule has 2 N–H and O–H groups in total. The fourth-order valence-corrected chi connectivity index (χ4v) is 2.61. The lowest BCUT2D eigenvalue weighted by molar-refractivity contribution is 0.465. The van der Waals surface area contributed by atoms with Gasteiger partial charge in [-0.15, -0.1) is 0 Å². The van der Waals surface area contributed by atoms with E-state index in [0.29, 0.717) is 6.54 Å². The zero-order chi connectivity index (χ0) is 16.7. The summed E-state index contributed by atoms with van der Waals surface area (Å²) >= 11 is 0. The molecule has 23 heavy (non-hydrogen) atoms. The van der Waals surface area contributed by atoms with Crippen molar-refractivity contribution in [2.45, 2.75) is 33.1 Å². The van der Waals surface area contributed by atoms with Crippen LogP contribution in [0.1, 0.15) is 32.3 Å². The number of halogens is 1. The van der Waals surface area contributed by atoms with Crippen LogP contribution in [-0.4, -0.2) is 42.5 Å². The van der Waals surface area contributed by atoms with Gasteiger partial charge in [-0.05, 0) is 43.5 Å². The van der Waals surface area contributed by atoms with Gasteiger partial charge in [-0.1, -0.05) is 13.3 Å². The van der Waals surface area contributed by atoms with Gasteiger partial charge in [0.15, 0.2) is 5.96 Å². The summed E-state index contributed by atoms with van der Waals surface area (Å²) < 4.78 is 13.4. The molecule has 1 aromatic carbocycles. The number of aromatic nitrogens is 1. The maximum atomic E-state index is 13.4. The molecule has 2 aromatic rings. The van der Waals surface area contributed by atoms with Crippen molar-refractivity contribution >= 4 is 16.9 Å². The standard InChI is InChI=1S/C18H27FN4/c1-4-6-11-23(3)18(20-5-2)21-10-9-14-13-22-17-8-7-15(19)12-16(14)17/h7-8,12-13,22H,4-6,9-11H2,1-3H3,(H,20,21). The van der Waals surface area contributed by atoms with Crippen molar-refractivity contribution in [3.63, 3.8) is 0 Å². The Morgan fingerprint density at radius 3 is 2.91 bits per heavy atom. The van der Waals surface area contributed by atoms with E-state index < -0.39 is 0 Å². The third kappa shape index (κ3) is 4.71. The molecule has 4 nitrogen and oxygen atoms in total. The third-order valence-corrected chi connectivity index (χ3v) is 3.92. The molecule has 0 bridgehead atoms. The van der Waals surface area contributed by atoms with Crippen molar-refractivity contribution in [3.8, 4) is 0 Å². The summed E-state index contributed by atoms with van der Waals surface area (Å²) in [5, 5.41) is 4.27. The van der Waals surface area contributed by atoms with E-state index in [-0.39, 0.29) is 5.82 Å². The summed E-state index contributed by atoms with van der Waals surface area (Å²) in [4.78, 5) is 10.1. The van der Waals surface area contributed by atoms with Crippen LogP contribution in [0.2, 0.25) is 0 Å². The number of H-pyrrole nitrogens is 1. The maximum absolute atomic E-state index is 13.4. The number of unbranched alkanes of at least 4 members (excludes halogenated alkanes) is 1. The molecule has 2 rings (SSSR count). The second-order valence-corrected chi connectivity index (χ2v) is 5.76. The van der Waals surface area contributed by atoms with Crippen molar-refractivity contribution < 1.29 is 4.39 Å². The number of hydrogen-bond acceptors (Lipinski definition) is 1. The van der Waals surface area contributed by atoms with Gasteiger partial charge in [-0.2, -0.15) is 0 Å². The predicted octanol–water partition coefficient (Wildman–Crippen LogP) is 3.55. The molecule has 0 saturated carbocycles. The summed E-state index contributed by atoms with van der Waals surface area (Å²) in [5.74, 6) is 0.737. The Morgan fingerprint density at radius 2 is 2.17 bits per heavy atom. The minimum absolute atomic E-state index is 0.200. The van der Waals surface area contributed by atoms with Gasteiger partial charge in [-0.25, -0.2) is 4.39 Å². The SMILES string of the molecule is CCCCN(C)C(=NCCc1c[nH]c2ccc(F)cc12)NCC. The topological polar surface area (TPSA) is 43.4 Å². The van der Waals surface area contributed by atoms with Crippen LogP contribution < -0.4 is 5.32 Å². The van der Waals surface area contributed by atoms with Gasteiger partial charge >= 0.3 is 0 Å². The van der Waals surface area contributed by atoms with Crippen LogP contribution in [0.3, 0.4) is 0 Å². The first kappa shape index (κ1) is 17.3. The molecule has 0 fully saturated rings. The number of nitrogens with one attached hydrogen (secondary N) is 2. The Balaban J connectivity index is 2.02. The lowest BCUT2D eigenvalue weighted by Gasteiger charge is -2.21. The molecule has 126 valence electrons. The summed E-state index contributed by atoms with van der Waals surface area (Å²) in [7, 11) is 2.07. The largest absolute Gasteiger partial charge is 0.361 e. The number of aromatic amines is 1. The average Bonchev–Trinajstić information content (AvgIpc) is 2.94. The number of guanidine groups is 1. The first-order chi connectivity index (χ1) is 11.2. The molecule has 1 heterocycles. The van der Waals surface area contributed by atoms with Crippen molar-refractivity contribution in [1.82, 2.24) is 15.2 Å². The number of benzene rings is 1. The highest BCUT2D eigenvalue weighted by atomic mass is 19.1. The zero-order valence-electron chi connectivity index (χ0n) is 14.3. The zero-order valence-corrected chi connectivity index (χ0v) is 14.3. The Bertz CT molecular complexity index is 648. The van der Waals surface area contributed by atoms with Gasteiger partial charge in [0.2, 0.25) is 0 Å². The molecule has 0 atom stereocenters. The van der Waals surface area contributed by atoms with E-state index in [1.165, 1.54) is 12.5 Å². The number of rotatable bonds is 7. The normalized spacial score (nSPS) is 11.9. The first-order valence-electron chi connectivity index (χ1n) is 8.40. The van der Waals surface area contributed by atoms with Crippen LogP contribution in [0.5, 0.6) is 0 Å². The molecular formula is C18H27FN4. The van der Waals surface area contributed by atoms with Crippen molar-refractivity contribution in [1.29, 1.82) is 0 Å². The van der Waals surface area contributed by atoms with Crippen LogP contribution in [0.15, 0.2) is 29.4 Å². The monoisotopic (exact) mass is 318 g/mol. The predicted molar refractivity (Wildman–Crippen MR) is 95.5 cm³/mol. The smallest absolute Gasteiger partial charge is 0.193 e. The van der Waals surface area contributed by atoms with Gasteiger partial charge in [0.05, 0.1) is 0 Å². The Kier molecular flexibility index (Phi) is 6.44. The van der Waals surface area contributed by atoms with Gasteiger partial charge in [0, 0.05) is 43.8 Å². The molecule has 5 heteroatoms. The summed E-state index contributed by atoms with van der Waals surface area (Å²) in [6, 6.07) is 4.84. The Labute approximate surface area is 137 Å². The summed E-state index contributed by atoms with van der Waals surface area (Å²) in [6.07, 6.45) is 5.07. The molecule has 0 amide bonds.